The Kier molecular flexibility index (Phi) is 4.71. The molecule has 2 N–H and O–H groups in total. The molecule has 1 aromatic rings. The predicted octanol–water partition coefficient (Wildman–Crippen LogP) is 2.18. The molecule has 0 radical (unpaired) electrons. The number of sulfone groups is 1. The van der Waals surface area contributed by atoms with E-state index in [0.717, 1.165) is 5.56 Å². The molecule has 17 heavy (non-hydrogen) atoms. The summed E-state index contributed by atoms with van der Waals surface area (Å²) in [6, 6.07) is 7.11. The van der Waals surface area contributed by atoms with Crippen LogP contribution >= 0.6 is 0 Å². The first-order valence-electron chi connectivity index (χ1n) is 5.95. The second-order valence-corrected chi connectivity index (χ2v) is 6.84. The fourth-order valence-electron chi connectivity index (χ4n) is 1.88. The highest BCUT2D eigenvalue weighted by molar-refractivity contribution is 7.91. The number of rotatable bonds is 5. The molecule has 0 aliphatic heterocycles. The van der Waals surface area contributed by atoms with Crippen LogP contribution < -0.4 is 5.73 Å². The minimum absolute atomic E-state index is 0.136. The number of benzene rings is 1. The molecule has 0 heterocycles. The van der Waals surface area contributed by atoms with Gasteiger partial charge in [0, 0.05) is 0 Å². The number of hydrogen-bond donors (Lipinski definition) is 1. The monoisotopic (exact) mass is 255 g/mol. The highest BCUT2D eigenvalue weighted by Gasteiger charge is 2.16. The summed E-state index contributed by atoms with van der Waals surface area (Å²) in [5.41, 5.74) is 6.85. The van der Waals surface area contributed by atoms with Gasteiger partial charge in [-0.1, -0.05) is 32.9 Å². The standard InChI is InChI=1S/C13H21NO2S/c1-4-17(15,16)12-7-5-11(6-8-12)13(9-14)10(2)3/h5-8,10,13H,4,9,14H2,1-3H3. The van der Waals surface area contributed by atoms with Gasteiger partial charge in [0.1, 0.15) is 0 Å². The molecule has 3 nitrogen and oxygen atoms in total. The molecular formula is C13H21NO2S. The maximum atomic E-state index is 11.7. The Bertz CT molecular complexity index is 449. The summed E-state index contributed by atoms with van der Waals surface area (Å²) >= 11 is 0. The van der Waals surface area contributed by atoms with E-state index in [2.05, 4.69) is 13.8 Å². The molecule has 1 rings (SSSR count). The summed E-state index contributed by atoms with van der Waals surface area (Å²) in [5.74, 6) is 0.874. The third kappa shape index (κ3) is 3.30. The topological polar surface area (TPSA) is 60.2 Å². The molecule has 0 amide bonds. The molecule has 0 spiro atoms. The second kappa shape index (κ2) is 5.65. The van der Waals surface area contributed by atoms with Crippen LogP contribution in [-0.2, 0) is 9.84 Å². The zero-order valence-corrected chi connectivity index (χ0v) is 11.5. The van der Waals surface area contributed by atoms with Gasteiger partial charge in [0.25, 0.3) is 0 Å². The first-order valence-corrected chi connectivity index (χ1v) is 7.60. The van der Waals surface area contributed by atoms with Gasteiger partial charge in [-0.2, -0.15) is 0 Å². The largest absolute Gasteiger partial charge is 0.330 e. The van der Waals surface area contributed by atoms with Crippen LogP contribution in [0.2, 0.25) is 0 Å². The van der Waals surface area contributed by atoms with Gasteiger partial charge in [-0.15, -0.1) is 0 Å². The van der Waals surface area contributed by atoms with Crippen LogP contribution in [0.1, 0.15) is 32.3 Å². The van der Waals surface area contributed by atoms with Gasteiger partial charge in [-0.3, -0.25) is 0 Å². The van der Waals surface area contributed by atoms with E-state index in [1.807, 2.05) is 12.1 Å². The van der Waals surface area contributed by atoms with Gasteiger partial charge in [0.2, 0.25) is 0 Å². The van der Waals surface area contributed by atoms with Crippen LogP contribution in [0.4, 0.5) is 0 Å². The maximum Gasteiger partial charge on any atom is 0.178 e. The summed E-state index contributed by atoms with van der Waals surface area (Å²) < 4.78 is 23.3. The van der Waals surface area contributed by atoms with Crippen molar-refractivity contribution < 1.29 is 8.42 Å². The molecule has 0 aliphatic carbocycles. The van der Waals surface area contributed by atoms with Gasteiger partial charge >= 0.3 is 0 Å². The summed E-state index contributed by atoms with van der Waals surface area (Å²) in [6.07, 6.45) is 0. The molecule has 0 fully saturated rings. The van der Waals surface area contributed by atoms with E-state index in [-0.39, 0.29) is 11.7 Å². The molecule has 0 saturated carbocycles. The van der Waals surface area contributed by atoms with Crippen molar-refractivity contribution in [3.05, 3.63) is 29.8 Å². The lowest BCUT2D eigenvalue weighted by atomic mass is 9.89. The van der Waals surface area contributed by atoms with E-state index < -0.39 is 9.84 Å². The fourth-order valence-corrected chi connectivity index (χ4v) is 2.77. The van der Waals surface area contributed by atoms with Crippen molar-refractivity contribution in [2.24, 2.45) is 11.7 Å². The zero-order valence-electron chi connectivity index (χ0n) is 10.7. The van der Waals surface area contributed by atoms with Gasteiger partial charge in [-0.05, 0) is 36.1 Å². The van der Waals surface area contributed by atoms with Crippen molar-refractivity contribution >= 4 is 9.84 Å². The van der Waals surface area contributed by atoms with Crippen molar-refractivity contribution in [3.8, 4) is 0 Å². The lowest BCUT2D eigenvalue weighted by Gasteiger charge is -2.19. The molecule has 1 aromatic carbocycles. The van der Waals surface area contributed by atoms with Gasteiger partial charge in [0.05, 0.1) is 10.6 Å². The summed E-state index contributed by atoms with van der Waals surface area (Å²) in [6.45, 7) is 6.47. The summed E-state index contributed by atoms with van der Waals surface area (Å²) in [4.78, 5) is 0.392. The van der Waals surface area contributed by atoms with Crippen LogP contribution in [0, 0.1) is 5.92 Å². The molecule has 4 heteroatoms. The highest BCUT2D eigenvalue weighted by atomic mass is 32.2. The molecule has 0 aromatic heterocycles. The van der Waals surface area contributed by atoms with Crippen LogP contribution in [0.5, 0.6) is 0 Å². The van der Waals surface area contributed by atoms with E-state index >= 15 is 0 Å². The lowest BCUT2D eigenvalue weighted by Crippen LogP contribution is -2.17. The fraction of sp³-hybridized carbons (Fsp3) is 0.538. The van der Waals surface area contributed by atoms with E-state index in [9.17, 15) is 8.42 Å². The molecule has 1 unspecified atom stereocenters. The Hall–Kier alpha value is -0.870. The average molecular weight is 255 g/mol. The summed E-state index contributed by atoms with van der Waals surface area (Å²) in [5, 5.41) is 0. The number of hydrogen-bond acceptors (Lipinski definition) is 3. The quantitative estimate of drug-likeness (QED) is 0.877. The smallest absolute Gasteiger partial charge is 0.178 e. The summed E-state index contributed by atoms with van der Waals surface area (Å²) in [7, 11) is -3.10. The van der Waals surface area contributed by atoms with E-state index in [0.29, 0.717) is 17.4 Å². The van der Waals surface area contributed by atoms with E-state index in [1.54, 1.807) is 19.1 Å². The van der Waals surface area contributed by atoms with Gasteiger partial charge < -0.3 is 5.73 Å². The molecule has 96 valence electrons. The lowest BCUT2D eigenvalue weighted by molar-refractivity contribution is 0.506. The molecule has 0 bridgehead atoms. The Labute approximate surface area is 104 Å². The van der Waals surface area contributed by atoms with Crippen LogP contribution in [0.15, 0.2) is 29.2 Å². The first-order chi connectivity index (χ1) is 7.92. The molecule has 1 atom stereocenters. The Morgan fingerprint density at radius 1 is 1.18 bits per heavy atom. The van der Waals surface area contributed by atoms with Crippen molar-refractivity contribution in [1.29, 1.82) is 0 Å². The maximum absolute atomic E-state index is 11.7. The Morgan fingerprint density at radius 3 is 2.06 bits per heavy atom. The van der Waals surface area contributed by atoms with Gasteiger partial charge in [-0.25, -0.2) is 8.42 Å². The predicted molar refractivity (Wildman–Crippen MR) is 70.8 cm³/mol. The van der Waals surface area contributed by atoms with Crippen molar-refractivity contribution in [3.63, 3.8) is 0 Å². The van der Waals surface area contributed by atoms with E-state index in [1.165, 1.54) is 0 Å². The third-order valence-corrected chi connectivity index (χ3v) is 4.86. The minimum Gasteiger partial charge on any atom is -0.330 e. The van der Waals surface area contributed by atoms with Crippen molar-refractivity contribution in [2.45, 2.75) is 31.6 Å². The molecular weight excluding hydrogens is 234 g/mol. The van der Waals surface area contributed by atoms with Crippen LogP contribution in [-0.4, -0.2) is 20.7 Å². The molecule has 0 aliphatic rings. The highest BCUT2D eigenvalue weighted by Crippen LogP contribution is 2.24. The molecule has 0 saturated heterocycles. The SMILES string of the molecule is CCS(=O)(=O)c1ccc(C(CN)C(C)C)cc1. The van der Waals surface area contributed by atoms with Crippen LogP contribution in [0.3, 0.4) is 0 Å². The second-order valence-electron chi connectivity index (χ2n) is 4.56. The van der Waals surface area contributed by atoms with Crippen molar-refractivity contribution in [2.75, 3.05) is 12.3 Å². The average Bonchev–Trinajstić information content (AvgIpc) is 2.30. The Morgan fingerprint density at radius 2 is 1.71 bits per heavy atom. The van der Waals surface area contributed by atoms with Crippen molar-refractivity contribution in [1.82, 2.24) is 0 Å². The van der Waals surface area contributed by atoms with Gasteiger partial charge in [0.15, 0.2) is 9.84 Å². The normalized spacial score (nSPS) is 13.9. The van der Waals surface area contributed by atoms with E-state index in [4.69, 9.17) is 5.73 Å². The zero-order chi connectivity index (χ0) is 13.1. The Balaban J connectivity index is 3.03. The number of nitrogens with two attached hydrogens (primary N) is 1. The van der Waals surface area contributed by atoms with Crippen LogP contribution in [0.25, 0.3) is 0 Å². The first kappa shape index (κ1) is 14.2. The third-order valence-electron chi connectivity index (χ3n) is 3.11. The minimum atomic E-state index is -3.10.